The van der Waals surface area contributed by atoms with Crippen molar-refractivity contribution in [3.63, 3.8) is 0 Å². The predicted molar refractivity (Wildman–Crippen MR) is 91.5 cm³/mol. The minimum Gasteiger partial charge on any atom is -0.351 e. The van der Waals surface area contributed by atoms with Gasteiger partial charge in [0.1, 0.15) is 0 Å². The molecule has 3 nitrogen and oxygen atoms in total. The van der Waals surface area contributed by atoms with Gasteiger partial charge in [-0.05, 0) is 50.0 Å². The fraction of sp³-hybridized carbons (Fsp3) is 0.389. The van der Waals surface area contributed by atoms with E-state index in [0.29, 0.717) is 6.54 Å². The van der Waals surface area contributed by atoms with Crippen LogP contribution in [0.5, 0.6) is 0 Å². The number of piperidine rings is 1. The number of rotatable bonds is 4. The third-order valence-corrected chi connectivity index (χ3v) is 5.38. The van der Waals surface area contributed by atoms with E-state index in [9.17, 15) is 4.79 Å². The maximum Gasteiger partial charge on any atom is 0.252 e. The molecule has 0 spiro atoms. The summed E-state index contributed by atoms with van der Waals surface area (Å²) < 4.78 is 0. The Labute approximate surface area is 136 Å². The van der Waals surface area contributed by atoms with Gasteiger partial charge in [0, 0.05) is 22.9 Å². The molecule has 0 aliphatic carbocycles. The van der Waals surface area contributed by atoms with Gasteiger partial charge < -0.3 is 10.2 Å². The second-order valence-corrected chi connectivity index (χ2v) is 6.92. The molecule has 4 heteroatoms. The molecule has 22 heavy (non-hydrogen) atoms. The van der Waals surface area contributed by atoms with Gasteiger partial charge in [-0.25, -0.2) is 0 Å². The third kappa shape index (κ3) is 3.23. The maximum absolute atomic E-state index is 12.3. The zero-order chi connectivity index (χ0) is 15.4. The van der Waals surface area contributed by atoms with Crippen LogP contribution < -0.4 is 5.32 Å². The summed E-state index contributed by atoms with van der Waals surface area (Å²) in [5.41, 5.74) is 2.16. The Morgan fingerprint density at radius 3 is 2.59 bits per heavy atom. The molecule has 2 heterocycles. The molecule has 0 unspecified atom stereocenters. The highest BCUT2D eigenvalue weighted by atomic mass is 32.1. The highest BCUT2D eigenvalue weighted by Crippen LogP contribution is 2.34. The largest absolute Gasteiger partial charge is 0.351 e. The zero-order valence-electron chi connectivity index (χ0n) is 12.9. The lowest BCUT2D eigenvalue weighted by atomic mass is 9.72. The smallest absolute Gasteiger partial charge is 0.252 e. The molecule has 0 saturated carbocycles. The summed E-state index contributed by atoms with van der Waals surface area (Å²) in [6.45, 7) is 2.85. The first-order valence-corrected chi connectivity index (χ1v) is 8.68. The second-order valence-electron chi connectivity index (χ2n) is 6.14. The van der Waals surface area contributed by atoms with Gasteiger partial charge in [-0.3, -0.25) is 4.79 Å². The van der Waals surface area contributed by atoms with Gasteiger partial charge in [0.2, 0.25) is 0 Å². The van der Waals surface area contributed by atoms with Crippen LogP contribution in [0.1, 0.15) is 28.8 Å². The van der Waals surface area contributed by atoms with Gasteiger partial charge in [-0.2, -0.15) is 11.3 Å². The number of benzene rings is 1. The summed E-state index contributed by atoms with van der Waals surface area (Å²) >= 11 is 1.56. The van der Waals surface area contributed by atoms with Crippen LogP contribution in [-0.2, 0) is 5.41 Å². The Kier molecular flexibility index (Phi) is 4.60. The molecular weight excluding hydrogens is 292 g/mol. The van der Waals surface area contributed by atoms with Crippen LogP contribution in [0.3, 0.4) is 0 Å². The number of nitrogens with zero attached hydrogens (tertiary/aromatic N) is 1. The molecule has 1 amide bonds. The fourth-order valence-electron chi connectivity index (χ4n) is 3.15. The summed E-state index contributed by atoms with van der Waals surface area (Å²) in [5, 5.41) is 7.00. The Hall–Kier alpha value is -1.65. The lowest BCUT2D eigenvalue weighted by Gasteiger charge is -2.41. The van der Waals surface area contributed by atoms with E-state index in [1.165, 1.54) is 5.56 Å². The molecular formula is C18H22N2OS. The molecule has 1 aliphatic heterocycles. The number of carbonyl (C=O) groups excluding carboxylic acids is 1. The standard InChI is InChI=1S/C18H22N2OS/c1-20-10-8-18(9-11-20,16-5-3-2-4-6-16)14-19-17(21)15-7-12-22-13-15/h2-7,12-13H,8-11,14H2,1H3,(H,19,21). The summed E-state index contributed by atoms with van der Waals surface area (Å²) in [4.78, 5) is 14.6. The molecule has 1 fully saturated rings. The molecule has 2 aromatic rings. The van der Waals surface area contributed by atoms with E-state index < -0.39 is 0 Å². The van der Waals surface area contributed by atoms with Gasteiger partial charge in [0.05, 0.1) is 0 Å². The molecule has 0 atom stereocenters. The molecule has 1 aliphatic rings. The monoisotopic (exact) mass is 314 g/mol. The van der Waals surface area contributed by atoms with Crippen molar-refractivity contribution >= 4 is 17.2 Å². The zero-order valence-corrected chi connectivity index (χ0v) is 13.7. The highest BCUT2D eigenvalue weighted by Gasteiger charge is 2.35. The summed E-state index contributed by atoms with van der Waals surface area (Å²) in [6, 6.07) is 12.5. The van der Waals surface area contributed by atoms with E-state index in [4.69, 9.17) is 0 Å². The van der Waals surface area contributed by atoms with Crippen molar-refractivity contribution in [1.82, 2.24) is 10.2 Å². The number of hydrogen-bond donors (Lipinski definition) is 1. The maximum atomic E-state index is 12.3. The minimum atomic E-state index is 0.0375. The highest BCUT2D eigenvalue weighted by molar-refractivity contribution is 7.08. The number of nitrogens with one attached hydrogen (secondary N) is 1. The van der Waals surface area contributed by atoms with E-state index in [1.54, 1.807) is 11.3 Å². The van der Waals surface area contributed by atoms with Gasteiger partial charge in [0.15, 0.2) is 0 Å². The first-order chi connectivity index (χ1) is 10.7. The van der Waals surface area contributed by atoms with Crippen molar-refractivity contribution in [2.45, 2.75) is 18.3 Å². The van der Waals surface area contributed by atoms with Gasteiger partial charge in [-0.1, -0.05) is 30.3 Å². The number of amides is 1. The number of likely N-dealkylation sites (tertiary alicyclic amines) is 1. The van der Waals surface area contributed by atoms with Crippen molar-refractivity contribution in [2.24, 2.45) is 0 Å². The topological polar surface area (TPSA) is 32.3 Å². The first kappa shape index (κ1) is 15.3. The molecule has 3 rings (SSSR count). The molecule has 1 aromatic heterocycles. The lowest BCUT2D eigenvalue weighted by Crippen LogP contribution is -2.48. The third-order valence-electron chi connectivity index (χ3n) is 4.70. The SMILES string of the molecule is CN1CCC(CNC(=O)c2ccsc2)(c2ccccc2)CC1. The molecule has 0 radical (unpaired) electrons. The summed E-state index contributed by atoms with van der Waals surface area (Å²) in [7, 11) is 2.17. The molecule has 1 N–H and O–H groups in total. The Morgan fingerprint density at radius 2 is 1.95 bits per heavy atom. The van der Waals surface area contributed by atoms with Gasteiger partial charge in [-0.15, -0.1) is 0 Å². The van der Waals surface area contributed by atoms with Crippen molar-refractivity contribution in [2.75, 3.05) is 26.7 Å². The number of hydrogen-bond acceptors (Lipinski definition) is 3. The van der Waals surface area contributed by atoms with Crippen LogP contribution in [0.2, 0.25) is 0 Å². The van der Waals surface area contributed by atoms with Crippen LogP contribution in [-0.4, -0.2) is 37.5 Å². The van der Waals surface area contributed by atoms with Crippen molar-refractivity contribution in [3.8, 4) is 0 Å². The summed E-state index contributed by atoms with van der Waals surface area (Å²) in [5.74, 6) is 0.0375. The quantitative estimate of drug-likeness (QED) is 0.940. The van der Waals surface area contributed by atoms with Crippen LogP contribution >= 0.6 is 11.3 Å². The fourth-order valence-corrected chi connectivity index (χ4v) is 3.79. The molecule has 1 saturated heterocycles. The Balaban J connectivity index is 1.76. The van der Waals surface area contributed by atoms with Crippen LogP contribution in [0.15, 0.2) is 47.2 Å². The van der Waals surface area contributed by atoms with Crippen molar-refractivity contribution < 1.29 is 4.79 Å². The van der Waals surface area contributed by atoms with Crippen LogP contribution in [0, 0.1) is 0 Å². The van der Waals surface area contributed by atoms with Crippen LogP contribution in [0.4, 0.5) is 0 Å². The molecule has 1 aromatic carbocycles. The van der Waals surface area contributed by atoms with E-state index in [2.05, 4.69) is 47.6 Å². The molecule has 116 valence electrons. The Morgan fingerprint density at radius 1 is 1.23 bits per heavy atom. The minimum absolute atomic E-state index is 0.0375. The van der Waals surface area contributed by atoms with Crippen molar-refractivity contribution in [3.05, 3.63) is 58.3 Å². The van der Waals surface area contributed by atoms with Gasteiger partial charge in [0.25, 0.3) is 5.91 Å². The summed E-state index contributed by atoms with van der Waals surface area (Å²) in [6.07, 6.45) is 2.16. The Bertz CT molecular complexity index is 601. The van der Waals surface area contributed by atoms with E-state index >= 15 is 0 Å². The van der Waals surface area contributed by atoms with Crippen LogP contribution in [0.25, 0.3) is 0 Å². The van der Waals surface area contributed by atoms with E-state index in [0.717, 1.165) is 31.5 Å². The second kappa shape index (κ2) is 6.63. The number of thiophene rings is 1. The normalized spacial score (nSPS) is 18.0. The van der Waals surface area contributed by atoms with E-state index in [1.807, 2.05) is 16.8 Å². The average molecular weight is 314 g/mol. The lowest BCUT2D eigenvalue weighted by molar-refractivity contribution is 0.0928. The van der Waals surface area contributed by atoms with Gasteiger partial charge >= 0.3 is 0 Å². The van der Waals surface area contributed by atoms with Crippen molar-refractivity contribution in [1.29, 1.82) is 0 Å². The average Bonchev–Trinajstić information content (AvgIpc) is 3.10. The first-order valence-electron chi connectivity index (χ1n) is 7.74. The number of carbonyl (C=O) groups is 1. The molecule has 0 bridgehead atoms. The van der Waals surface area contributed by atoms with E-state index in [-0.39, 0.29) is 11.3 Å². The predicted octanol–water partition coefficient (Wildman–Crippen LogP) is 3.14.